The zero-order chi connectivity index (χ0) is 22.6. The van der Waals surface area contributed by atoms with Gasteiger partial charge in [0.05, 0.1) is 13.2 Å². The number of hydrogen-bond donors (Lipinski definition) is 2. The highest BCUT2D eigenvalue weighted by Crippen LogP contribution is 2.30. The molecule has 0 saturated heterocycles. The Morgan fingerprint density at radius 3 is 2.29 bits per heavy atom. The van der Waals surface area contributed by atoms with E-state index in [-0.39, 0.29) is 5.75 Å². The molecule has 0 atom stereocenters. The smallest absolute Gasteiger partial charge is 0.344 e. The molecule has 31 heavy (non-hydrogen) atoms. The van der Waals surface area contributed by atoms with Crippen LogP contribution in [-0.4, -0.2) is 44.3 Å². The minimum atomic E-state index is -0.897. The van der Waals surface area contributed by atoms with Crippen molar-refractivity contribution in [2.75, 3.05) is 31.7 Å². The van der Waals surface area contributed by atoms with Gasteiger partial charge in [0.15, 0.2) is 36.3 Å². The topological polar surface area (TPSA) is 112 Å². The molecule has 0 heterocycles. The first-order chi connectivity index (χ1) is 14.9. The van der Waals surface area contributed by atoms with E-state index in [1.165, 1.54) is 24.3 Å². The van der Waals surface area contributed by atoms with Gasteiger partial charge in [-0.15, -0.1) is 0 Å². The first-order valence-corrected chi connectivity index (χ1v) is 9.46. The minimum absolute atomic E-state index is 0.120. The zero-order valence-corrected chi connectivity index (χ0v) is 17.1. The van der Waals surface area contributed by atoms with Gasteiger partial charge in [-0.3, -0.25) is 10.1 Å². The van der Waals surface area contributed by atoms with Gasteiger partial charge < -0.3 is 24.3 Å². The van der Waals surface area contributed by atoms with Gasteiger partial charge in [-0.1, -0.05) is 12.1 Å². The number of rotatable bonds is 10. The van der Waals surface area contributed by atoms with E-state index in [2.05, 4.69) is 5.32 Å². The van der Waals surface area contributed by atoms with Gasteiger partial charge in [0.25, 0.3) is 5.91 Å². The van der Waals surface area contributed by atoms with Gasteiger partial charge in [-0.25, -0.2) is 14.0 Å². The van der Waals surface area contributed by atoms with Crippen molar-refractivity contribution in [2.24, 2.45) is 0 Å². The fourth-order valence-electron chi connectivity index (χ4n) is 2.34. The molecule has 2 N–H and O–H groups in total. The van der Waals surface area contributed by atoms with Crippen molar-refractivity contribution in [3.63, 3.8) is 0 Å². The Morgan fingerprint density at radius 2 is 1.58 bits per heavy atom. The number of hydrogen-bond acceptors (Lipinski definition) is 7. The summed E-state index contributed by atoms with van der Waals surface area (Å²) in [5.74, 6) is -1.54. The van der Waals surface area contributed by atoms with Crippen LogP contribution in [-0.2, 0) is 14.3 Å². The van der Waals surface area contributed by atoms with Crippen LogP contribution in [0.3, 0.4) is 0 Å². The molecule has 0 spiro atoms. The number of amides is 3. The fraction of sp³-hybridized carbons (Fsp3) is 0.286. The Kier molecular flexibility index (Phi) is 9.09. The summed E-state index contributed by atoms with van der Waals surface area (Å²) >= 11 is 0. The van der Waals surface area contributed by atoms with E-state index >= 15 is 0 Å². The predicted octanol–water partition coefficient (Wildman–Crippen LogP) is 2.89. The molecule has 0 radical (unpaired) electrons. The van der Waals surface area contributed by atoms with E-state index in [0.717, 1.165) is 0 Å². The van der Waals surface area contributed by atoms with Crippen LogP contribution in [0, 0.1) is 5.82 Å². The van der Waals surface area contributed by atoms with Crippen LogP contribution < -0.4 is 24.8 Å². The van der Waals surface area contributed by atoms with Crippen LogP contribution in [0.5, 0.6) is 17.2 Å². The Balaban J connectivity index is 1.78. The van der Waals surface area contributed by atoms with Gasteiger partial charge in [0.2, 0.25) is 0 Å². The maximum Gasteiger partial charge on any atom is 0.344 e. The fourth-order valence-corrected chi connectivity index (χ4v) is 2.34. The first-order valence-electron chi connectivity index (χ1n) is 9.46. The molecule has 0 fully saturated rings. The minimum Gasteiger partial charge on any atom is -0.490 e. The van der Waals surface area contributed by atoms with E-state index in [0.29, 0.717) is 30.4 Å². The summed E-state index contributed by atoms with van der Waals surface area (Å²) < 4.78 is 34.0. The maximum absolute atomic E-state index is 13.4. The number of carbonyl (C=O) groups excluding carboxylic acids is 3. The second-order valence-corrected chi connectivity index (χ2v) is 5.91. The lowest BCUT2D eigenvalue weighted by molar-refractivity contribution is -0.150. The molecule has 166 valence electrons. The lowest BCUT2D eigenvalue weighted by atomic mass is 10.2. The third kappa shape index (κ3) is 7.84. The largest absolute Gasteiger partial charge is 0.490 e. The maximum atomic E-state index is 13.4. The molecule has 10 heteroatoms. The van der Waals surface area contributed by atoms with E-state index in [9.17, 15) is 18.8 Å². The van der Waals surface area contributed by atoms with Gasteiger partial charge >= 0.3 is 12.0 Å². The van der Waals surface area contributed by atoms with Crippen LogP contribution in [0.2, 0.25) is 0 Å². The lowest BCUT2D eigenvalue weighted by Gasteiger charge is -2.13. The van der Waals surface area contributed by atoms with Crippen molar-refractivity contribution in [3.8, 4) is 17.2 Å². The molecule has 3 amide bonds. The molecule has 0 aromatic heterocycles. The molecular formula is C21H23FN2O7. The van der Waals surface area contributed by atoms with Crippen LogP contribution in [0.25, 0.3) is 0 Å². The second-order valence-electron chi connectivity index (χ2n) is 5.91. The summed E-state index contributed by atoms with van der Waals surface area (Å²) in [6, 6.07) is 9.47. The molecule has 2 aromatic carbocycles. The molecule has 2 aromatic rings. The van der Waals surface area contributed by atoms with Gasteiger partial charge in [-0.05, 0) is 38.1 Å². The van der Waals surface area contributed by atoms with Crippen molar-refractivity contribution >= 4 is 23.6 Å². The third-order valence-corrected chi connectivity index (χ3v) is 3.60. The van der Waals surface area contributed by atoms with Crippen molar-refractivity contribution in [3.05, 3.63) is 48.3 Å². The number of imide groups is 1. The summed E-state index contributed by atoms with van der Waals surface area (Å²) in [6.07, 6.45) is 0. The summed E-state index contributed by atoms with van der Waals surface area (Å²) in [7, 11) is 0. The van der Waals surface area contributed by atoms with Crippen molar-refractivity contribution in [2.45, 2.75) is 13.8 Å². The molecule has 0 bridgehead atoms. The molecule has 0 aliphatic rings. The molecule has 0 unspecified atom stereocenters. The molecule has 9 nitrogen and oxygen atoms in total. The van der Waals surface area contributed by atoms with Crippen molar-refractivity contribution < 1.29 is 37.7 Å². The van der Waals surface area contributed by atoms with E-state index in [1.54, 1.807) is 18.2 Å². The monoisotopic (exact) mass is 434 g/mol. The van der Waals surface area contributed by atoms with E-state index in [1.807, 2.05) is 19.2 Å². The van der Waals surface area contributed by atoms with Crippen LogP contribution in [0.4, 0.5) is 14.9 Å². The Hall–Kier alpha value is -3.82. The molecule has 0 saturated carbocycles. The van der Waals surface area contributed by atoms with Crippen molar-refractivity contribution in [1.82, 2.24) is 5.32 Å². The first kappa shape index (κ1) is 23.5. The molecule has 0 aliphatic heterocycles. The normalized spacial score (nSPS) is 10.0. The number of halogens is 1. The predicted molar refractivity (Wildman–Crippen MR) is 109 cm³/mol. The van der Waals surface area contributed by atoms with E-state index < -0.39 is 36.9 Å². The van der Waals surface area contributed by atoms with Crippen LogP contribution >= 0.6 is 0 Å². The third-order valence-electron chi connectivity index (χ3n) is 3.60. The number of nitrogens with one attached hydrogen (secondary N) is 2. The van der Waals surface area contributed by atoms with Crippen LogP contribution in [0.1, 0.15) is 13.8 Å². The summed E-state index contributed by atoms with van der Waals surface area (Å²) in [5, 5.41) is 4.49. The quantitative estimate of drug-likeness (QED) is 0.553. The number of carbonyl (C=O) groups is 3. The number of esters is 1. The lowest BCUT2D eigenvalue weighted by Crippen LogP contribution is -2.37. The summed E-state index contributed by atoms with van der Waals surface area (Å²) in [6.45, 7) is 3.20. The highest BCUT2D eigenvalue weighted by molar-refractivity contribution is 6.02. The Morgan fingerprint density at radius 1 is 0.871 bits per heavy atom. The summed E-state index contributed by atoms with van der Waals surface area (Å²) in [5.41, 5.74) is 0.368. The van der Waals surface area contributed by atoms with Gasteiger partial charge in [-0.2, -0.15) is 0 Å². The number of anilines is 1. The Bertz CT molecular complexity index is 920. The highest BCUT2D eigenvalue weighted by atomic mass is 19.1. The van der Waals surface area contributed by atoms with Gasteiger partial charge in [0, 0.05) is 11.8 Å². The SMILES string of the molecule is CCOc1ccc(NC(=O)NC(=O)COC(=O)COc2ccccc2F)cc1OCC. The average Bonchev–Trinajstić information content (AvgIpc) is 2.74. The average molecular weight is 434 g/mol. The molecular weight excluding hydrogens is 411 g/mol. The standard InChI is InChI=1S/C21H23FN2O7/c1-3-28-17-10-9-14(11-18(17)29-4-2)23-21(27)24-19(25)12-31-20(26)13-30-16-8-6-5-7-15(16)22/h5-11H,3-4,12-13H2,1-2H3,(H2,23,24,25,27). The molecule has 0 aliphatic carbocycles. The molecule has 2 rings (SSSR count). The second kappa shape index (κ2) is 12.0. The number of urea groups is 1. The van der Waals surface area contributed by atoms with Gasteiger partial charge in [0.1, 0.15) is 0 Å². The highest BCUT2D eigenvalue weighted by Gasteiger charge is 2.14. The van der Waals surface area contributed by atoms with E-state index in [4.69, 9.17) is 18.9 Å². The van der Waals surface area contributed by atoms with Crippen LogP contribution in [0.15, 0.2) is 42.5 Å². The number of benzene rings is 2. The van der Waals surface area contributed by atoms with Crippen molar-refractivity contribution in [1.29, 1.82) is 0 Å². The summed E-state index contributed by atoms with van der Waals surface area (Å²) in [4.78, 5) is 35.4. The number of ether oxygens (including phenoxy) is 4. The Labute approximate surface area is 178 Å². The zero-order valence-electron chi connectivity index (χ0n) is 17.1. The number of para-hydroxylation sites is 1.